The zero-order valence-electron chi connectivity index (χ0n) is 19.9. The van der Waals surface area contributed by atoms with Crippen LogP contribution in [0.1, 0.15) is 35.7 Å². The minimum atomic E-state index is 0.0590. The average molecular weight is 455 g/mol. The number of aryl methyl sites for hydroxylation is 2. The third-order valence-electron chi connectivity index (χ3n) is 6.83. The van der Waals surface area contributed by atoms with Gasteiger partial charge < -0.3 is 18.8 Å². The fourth-order valence-electron chi connectivity index (χ4n) is 4.93. The van der Waals surface area contributed by atoms with Gasteiger partial charge in [-0.3, -0.25) is 4.79 Å². The summed E-state index contributed by atoms with van der Waals surface area (Å²) >= 11 is 0. The number of likely N-dealkylation sites (tertiary alicyclic amines) is 1. The highest BCUT2D eigenvalue weighted by Gasteiger charge is 2.25. The van der Waals surface area contributed by atoms with Crippen LogP contribution < -0.4 is 4.74 Å². The molecule has 0 atom stereocenters. The fraction of sp³-hybridized carbons (Fsp3) is 0.286. The molecular weight excluding hydrogens is 424 g/mol. The Morgan fingerprint density at radius 3 is 2.62 bits per heavy atom. The quantitative estimate of drug-likeness (QED) is 0.394. The molecule has 6 heteroatoms. The molecule has 1 saturated heterocycles. The Morgan fingerprint density at radius 1 is 1.12 bits per heavy atom. The van der Waals surface area contributed by atoms with Crippen molar-refractivity contribution in [2.75, 3.05) is 20.2 Å². The summed E-state index contributed by atoms with van der Waals surface area (Å²) in [5, 5.41) is 1.28. The van der Waals surface area contributed by atoms with Crippen LogP contribution in [0.5, 0.6) is 5.75 Å². The highest BCUT2D eigenvalue weighted by atomic mass is 16.5. The van der Waals surface area contributed by atoms with Gasteiger partial charge in [0.05, 0.1) is 24.8 Å². The van der Waals surface area contributed by atoms with Gasteiger partial charge in [-0.1, -0.05) is 24.3 Å². The van der Waals surface area contributed by atoms with E-state index in [9.17, 15) is 4.79 Å². The summed E-state index contributed by atoms with van der Waals surface area (Å²) in [6.07, 6.45) is 9.23. The molecule has 5 rings (SSSR count). The van der Waals surface area contributed by atoms with Crippen molar-refractivity contribution in [3.8, 4) is 11.4 Å². The van der Waals surface area contributed by atoms with Crippen LogP contribution in [0.2, 0.25) is 0 Å². The lowest BCUT2D eigenvalue weighted by molar-refractivity contribution is -0.127. The second-order valence-electron chi connectivity index (χ2n) is 8.97. The van der Waals surface area contributed by atoms with E-state index in [1.165, 1.54) is 16.6 Å². The van der Waals surface area contributed by atoms with Gasteiger partial charge in [0.15, 0.2) is 0 Å². The number of hydrogen-bond acceptors (Lipinski definition) is 3. The van der Waals surface area contributed by atoms with E-state index in [1.54, 1.807) is 19.5 Å². The first-order valence-electron chi connectivity index (χ1n) is 11.7. The number of methoxy groups -OCH3 is 1. The number of ether oxygens (including phenoxy) is 1. The van der Waals surface area contributed by atoms with Gasteiger partial charge >= 0.3 is 0 Å². The third-order valence-corrected chi connectivity index (χ3v) is 6.83. The molecule has 0 radical (unpaired) electrons. The molecule has 0 bridgehead atoms. The highest BCUT2D eigenvalue weighted by Crippen LogP contribution is 2.32. The smallest absolute Gasteiger partial charge is 0.246 e. The maximum absolute atomic E-state index is 12.9. The van der Waals surface area contributed by atoms with E-state index in [1.807, 2.05) is 46.9 Å². The van der Waals surface area contributed by atoms with Crippen molar-refractivity contribution in [1.29, 1.82) is 0 Å². The Kier molecular flexibility index (Phi) is 5.97. The molecule has 2 aromatic heterocycles. The predicted octanol–water partition coefficient (Wildman–Crippen LogP) is 5.10. The first-order chi connectivity index (χ1) is 16.5. The minimum Gasteiger partial charge on any atom is -0.495 e. The number of imidazole rings is 1. The SMILES string of the molecule is COc1cc(C=CC(=O)N2CCC(c3cc4ccccc4n3C)CC2)ccc1-n1cnc(C)c1. The van der Waals surface area contributed by atoms with E-state index < -0.39 is 0 Å². The van der Waals surface area contributed by atoms with Gasteiger partial charge in [0.1, 0.15) is 5.75 Å². The number of aromatic nitrogens is 3. The maximum Gasteiger partial charge on any atom is 0.246 e. The molecule has 174 valence electrons. The van der Waals surface area contributed by atoms with E-state index in [0.29, 0.717) is 5.92 Å². The summed E-state index contributed by atoms with van der Waals surface area (Å²) in [5.41, 5.74) is 5.42. The summed E-state index contributed by atoms with van der Waals surface area (Å²) in [6.45, 7) is 3.51. The van der Waals surface area contributed by atoms with Crippen molar-refractivity contribution >= 4 is 22.9 Å². The number of hydrogen-bond donors (Lipinski definition) is 0. The van der Waals surface area contributed by atoms with Gasteiger partial charge in [0.25, 0.3) is 0 Å². The van der Waals surface area contributed by atoms with E-state index in [4.69, 9.17) is 4.74 Å². The van der Waals surface area contributed by atoms with Crippen LogP contribution in [0.3, 0.4) is 0 Å². The third kappa shape index (κ3) is 4.23. The van der Waals surface area contributed by atoms with Gasteiger partial charge in [-0.05, 0) is 61.1 Å². The molecule has 6 nitrogen and oxygen atoms in total. The molecule has 34 heavy (non-hydrogen) atoms. The summed E-state index contributed by atoms with van der Waals surface area (Å²) < 4.78 is 9.82. The van der Waals surface area contributed by atoms with Crippen LogP contribution >= 0.6 is 0 Å². The minimum absolute atomic E-state index is 0.0590. The number of piperidine rings is 1. The molecule has 1 aliphatic heterocycles. The molecule has 4 aromatic rings. The van der Waals surface area contributed by atoms with E-state index >= 15 is 0 Å². The largest absolute Gasteiger partial charge is 0.495 e. The molecule has 3 heterocycles. The Morgan fingerprint density at radius 2 is 1.91 bits per heavy atom. The van der Waals surface area contributed by atoms with Gasteiger partial charge in [0.2, 0.25) is 5.91 Å². The molecule has 1 aliphatic rings. The monoisotopic (exact) mass is 454 g/mol. The van der Waals surface area contributed by atoms with Crippen molar-refractivity contribution in [2.45, 2.75) is 25.7 Å². The van der Waals surface area contributed by atoms with Gasteiger partial charge in [0, 0.05) is 49.5 Å². The molecule has 1 amide bonds. The van der Waals surface area contributed by atoms with Crippen molar-refractivity contribution in [1.82, 2.24) is 19.0 Å². The van der Waals surface area contributed by atoms with E-state index in [0.717, 1.165) is 48.6 Å². The lowest BCUT2D eigenvalue weighted by atomic mass is 9.93. The molecular formula is C28H30N4O2. The molecule has 0 aliphatic carbocycles. The van der Waals surface area contributed by atoms with Gasteiger partial charge in [-0.25, -0.2) is 4.98 Å². The summed E-state index contributed by atoms with van der Waals surface area (Å²) in [6, 6.07) is 16.7. The van der Waals surface area contributed by atoms with Crippen molar-refractivity contribution < 1.29 is 9.53 Å². The van der Waals surface area contributed by atoms with Crippen LogP contribution in [0.4, 0.5) is 0 Å². The fourth-order valence-corrected chi connectivity index (χ4v) is 4.93. The summed E-state index contributed by atoms with van der Waals surface area (Å²) in [4.78, 5) is 19.1. The van der Waals surface area contributed by atoms with Crippen LogP contribution in [0.15, 0.2) is 67.1 Å². The molecule has 0 unspecified atom stereocenters. The zero-order chi connectivity index (χ0) is 23.7. The Hall–Kier alpha value is -3.80. The van der Waals surface area contributed by atoms with Crippen molar-refractivity contribution in [3.63, 3.8) is 0 Å². The molecule has 0 spiro atoms. The second kappa shape index (κ2) is 9.21. The van der Waals surface area contributed by atoms with Crippen molar-refractivity contribution in [2.24, 2.45) is 7.05 Å². The van der Waals surface area contributed by atoms with E-state index in [2.05, 4.69) is 46.9 Å². The molecule has 0 N–H and O–H groups in total. The standard InChI is InChI=1S/C28H30N4O2/c1-20-18-32(19-29-20)25-10-8-21(16-27(25)34-3)9-11-28(33)31-14-12-22(13-15-31)26-17-23-6-4-5-7-24(23)30(26)2/h4-11,16-19,22H,12-15H2,1-3H3. The van der Waals surface area contributed by atoms with E-state index in [-0.39, 0.29) is 5.91 Å². The number of para-hydroxylation sites is 1. The number of nitrogens with zero attached hydrogens (tertiary/aromatic N) is 4. The highest BCUT2D eigenvalue weighted by molar-refractivity contribution is 5.92. The summed E-state index contributed by atoms with van der Waals surface area (Å²) in [7, 11) is 3.80. The van der Waals surface area contributed by atoms with Crippen LogP contribution in [0, 0.1) is 6.92 Å². The number of carbonyl (C=O) groups excluding carboxylic acids is 1. The Bertz CT molecular complexity index is 1360. The summed E-state index contributed by atoms with van der Waals surface area (Å²) in [5.74, 6) is 1.28. The first-order valence-corrected chi connectivity index (χ1v) is 11.7. The molecule has 0 saturated carbocycles. The molecule has 1 fully saturated rings. The Labute approximate surface area is 200 Å². The zero-order valence-corrected chi connectivity index (χ0v) is 19.9. The maximum atomic E-state index is 12.9. The van der Waals surface area contributed by atoms with Crippen LogP contribution in [-0.2, 0) is 11.8 Å². The average Bonchev–Trinajstić information content (AvgIpc) is 3.45. The molecule has 2 aromatic carbocycles. The second-order valence-corrected chi connectivity index (χ2v) is 8.97. The topological polar surface area (TPSA) is 52.3 Å². The normalized spacial score (nSPS) is 14.9. The van der Waals surface area contributed by atoms with Gasteiger partial charge in [-0.2, -0.15) is 0 Å². The number of carbonyl (C=O) groups is 1. The lowest BCUT2D eigenvalue weighted by Crippen LogP contribution is -2.37. The van der Waals surface area contributed by atoms with Crippen LogP contribution in [-0.4, -0.2) is 45.1 Å². The first kappa shape index (κ1) is 22.0. The Balaban J connectivity index is 1.24. The van der Waals surface area contributed by atoms with Crippen molar-refractivity contribution in [3.05, 3.63) is 84.1 Å². The number of benzene rings is 2. The van der Waals surface area contributed by atoms with Crippen LogP contribution in [0.25, 0.3) is 22.7 Å². The number of rotatable bonds is 5. The predicted molar refractivity (Wildman–Crippen MR) is 135 cm³/mol. The lowest BCUT2D eigenvalue weighted by Gasteiger charge is -2.31. The number of amides is 1. The number of fused-ring (bicyclic) bond motifs is 1. The van der Waals surface area contributed by atoms with Gasteiger partial charge in [-0.15, -0.1) is 0 Å².